The minimum Gasteiger partial charge on any atom is -0.468 e. The van der Waals surface area contributed by atoms with Gasteiger partial charge in [0.05, 0.1) is 24.3 Å². The zero-order chi connectivity index (χ0) is 18.4. The number of carbonyl (C=O) groups excluding carboxylic acids is 1. The Hall–Kier alpha value is -2.16. The first-order valence-corrected chi connectivity index (χ1v) is 9.24. The van der Waals surface area contributed by atoms with E-state index in [2.05, 4.69) is 10.0 Å². The molecule has 7 nitrogen and oxygen atoms in total. The second kappa shape index (κ2) is 8.28. The van der Waals surface area contributed by atoms with Crippen molar-refractivity contribution in [1.82, 2.24) is 10.0 Å². The molecule has 0 aliphatic rings. The van der Waals surface area contributed by atoms with E-state index in [1.807, 2.05) is 6.92 Å². The summed E-state index contributed by atoms with van der Waals surface area (Å²) in [4.78, 5) is 12.4. The third-order valence-electron chi connectivity index (χ3n) is 3.57. The molecule has 136 valence electrons. The van der Waals surface area contributed by atoms with Gasteiger partial charge in [0.2, 0.25) is 10.0 Å². The van der Waals surface area contributed by atoms with E-state index in [9.17, 15) is 13.2 Å². The van der Waals surface area contributed by atoms with E-state index in [-0.39, 0.29) is 23.4 Å². The molecule has 0 saturated heterocycles. The van der Waals surface area contributed by atoms with Crippen LogP contribution >= 0.6 is 0 Å². The SMILES string of the molecule is COCC(C)NC(=O)c1cc(S(=O)(=O)NCc2ccco2)ccc1C. The fraction of sp³-hybridized carbons (Fsp3) is 0.353. The zero-order valence-corrected chi connectivity index (χ0v) is 15.2. The largest absolute Gasteiger partial charge is 0.468 e. The maximum atomic E-state index is 12.4. The minimum absolute atomic E-state index is 0.0224. The van der Waals surface area contributed by atoms with Crippen molar-refractivity contribution in [2.24, 2.45) is 0 Å². The molecule has 1 amide bonds. The summed E-state index contributed by atoms with van der Waals surface area (Å²) in [5, 5.41) is 2.78. The lowest BCUT2D eigenvalue weighted by Gasteiger charge is -2.15. The topological polar surface area (TPSA) is 97.6 Å². The van der Waals surface area contributed by atoms with Gasteiger partial charge < -0.3 is 14.5 Å². The average molecular weight is 366 g/mol. The predicted molar refractivity (Wildman–Crippen MR) is 92.7 cm³/mol. The van der Waals surface area contributed by atoms with Crippen molar-refractivity contribution in [3.05, 3.63) is 53.5 Å². The van der Waals surface area contributed by atoms with Gasteiger partial charge in [0, 0.05) is 18.7 Å². The number of aryl methyl sites for hydroxylation is 1. The van der Waals surface area contributed by atoms with Gasteiger partial charge in [-0.2, -0.15) is 0 Å². The van der Waals surface area contributed by atoms with Gasteiger partial charge in [0.1, 0.15) is 5.76 Å². The Labute approximate surface area is 147 Å². The summed E-state index contributed by atoms with van der Waals surface area (Å²) in [7, 11) is -2.22. The lowest BCUT2D eigenvalue weighted by Crippen LogP contribution is -2.36. The van der Waals surface area contributed by atoms with E-state index in [0.717, 1.165) is 0 Å². The Morgan fingerprint density at radius 1 is 1.32 bits per heavy atom. The van der Waals surface area contributed by atoms with Crippen LogP contribution in [0.1, 0.15) is 28.6 Å². The zero-order valence-electron chi connectivity index (χ0n) is 14.4. The van der Waals surface area contributed by atoms with E-state index in [4.69, 9.17) is 9.15 Å². The van der Waals surface area contributed by atoms with Crippen molar-refractivity contribution < 1.29 is 22.4 Å². The molecule has 1 atom stereocenters. The Kier molecular flexibility index (Phi) is 6.35. The minimum atomic E-state index is -3.76. The summed E-state index contributed by atoms with van der Waals surface area (Å²) < 4.78 is 37.4. The summed E-state index contributed by atoms with van der Waals surface area (Å²) in [6, 6.07) is 7.61. The molecule has 0 aliphatic carbocycles. The molecule has 2 N–H and O–H groups in total. The lowest BCUT2D eigenvalue weighted by atomic mass is 10.1. The summed E-state index contributed by atoms with van der Waals surface area (Å²) in [5.41, 5.74) is 0.996. The van der Waals surface area contributed by atoms with Crippen LogP contribution in [0, 0.1) is 6.92 Å². The maximum Gasteiger partial charge on any atom is 0.251 e. The van der Waals surface area contributed by atoms with Gasteiger partial charge in [0.15, 0.2) is 0 Å². The van der Waals surface area contributed by atoms with E-state index in [1.54, 1.807) is 32.2 Å². The maximum absolute atomic E-state index is 12.4. The van der Waals surface area contributed by atoms with E-state index in [0.29, 0.717) is 23.5 Å². The number of benzene rings is 1. The fourth-order valence-electron chi connectivity index (χ4n) is 2.27. The second-order valence-corrected chi connectivity index (χ2v) is 7.48. The fourth-order valence-corrected chi connectivity index (χ4v) is 3.29. The Bertz CT molecular complexity index is 816. The molecule has 1 aromatic carbocycles. The first-order chi connectivity index (χ1) is 11.8. The second-order valence-electron chi connectivity index (χ2n) is 5.71. The molecule has 2 rings (SSSR count). The molecule has 25 heavy (non-hydrogen) atoms. The number of sulfonamides is 1. The molecule has 1 heterocycles. The van der Waals surface area contributed by atoms with Crippen LogP contribution in [0.5, 0.6) is 0 Å². The van der Waals surface area contributed by atoms with Gasteiger partial charge in [-0.15, -0.1) is 0 Å². The molecule has 0 fully saturated rings. The highest BCUT2D eigenvalue weighted by atomic mass is 32.2. The number of ether oxygens (including phenoxy) is 1. The van der Waals surface area contributed by atoms with Crippen molar-refractivity contribution in [2.75, 3.05) is 13.7 Å². The van der Waals surface area contributed by atoms with Crippen molar-refractivity contribution in [1.29, 1.82) is 0 Å². The molecule has 2 aromatic rings. The Morgan fingerprint density at radius 3 is 2.72 bits per heavy atom. The van der Waals surface area contributed by atoms with E-state index in [1.165, 1.54) is 18.4 Å². The van der Waals surface area contributed by atoms with Crippen LogP contribution in [0.15, 0.2) is 45.9 Å². The summed E-state index contributed by atoms with van der Waals surface area (Å²) in [5.74, 6) is 0.159. The van der Waals surface area contributed by atoms with Crippen LogP contribution in [0.25, 0.3) is 0 Å². The number of methoxy groups -OCH3 is 1. The van der Waals surface area contributed by atoms with Crippen molar-refractivity contribution in [2.45, 2.75) is 31.3 Å². The first kappa shape index (κ1) is 19.2. The highest BCUT2D eigenvalue weighted by molar-refractivity contribution is 7.89. The van der Waals surface area contributed by atoms with Crippen LogP contribution < -0.4 is 10.0 Å². The van der Waals surface area contributed by atoms with Crippen molar-refractivity contribution >= 4 is 15.9 Å². The monoisotopic (exact) mass is 366 g/mol. The number of rotatable bonds is 8. The summed E-state index contributed by atoms with van der Waals surface area (Å²) in [6.45, 7) is 3.97. The quantitative estimate of drug-likeness (QED) is 0.743. The number of carbonyl (C=O) groups is 1. The Balaban J connectivity index is 2.17. The van der Waals surface area contributed by atoms with Gasteiger partial charge in [-0.1, -0.05) is 6.07 Å². The van der Waals surface area contributed by atoms with Crippen LogP contribution in [-0.2, 0) is 21.3 Å². The predicted octanol–water partition coefficient (Wildman–Crippen LogP) is 1.83. The molecule has 0 saturated carbocycles. The van der Waals surface area contributed by atoms with Crippen molar-refractivity contribution in [3.8, 4) is 0 Å². The highest BCUT2D eigenvalue weighted by Crippen LogP contribution is 2.16. The molecule has 0 radical (unpaired) electrons. The average Bonchev–Trinajstić information content (AvgIpc) is 3.07. The third-order valence-corrected chi connectivity index (χ3v) is 4.97. The van der Waals surface area contributed by atoms with Crippen LogP contribution in [0.3, 0.4) is 0 Å². The molecular formula is C17H22N2O5S. The molecule has 0 aliphatic heterocycles. The molecule has 1 unspecified atom stereocenters. The van der Waals surface area contributed by atoms with Crippen LogP contribution in [0.4, 0.5) is 0 Å². The van der Waals surface area contributed by atoms with E-state index >= 15 is 0 Å². The summed E-state index contributed by atoms with van der Waals surface area (Å²) >= 11 is 0. The third kappa shape index (κ3) is 5.15. The standard InChI is InChI=1S/C17H22N2O5S/c1-12-6-7-15(9-16(12)17(20)19-13(2)11-23-3)25(21,22)18-10-14-5-4-8-24-14/h4-9,13,18H,10-11H2,1-3H3,(H,19,20). The first-order valence-electron chi connectivity index (χ1n) is 7.76. The highest BCUT2D eigenvalue weighted by Gasteiger charge is 2.19. The van der Waals surface area contributed by atoms with Gasteiger partial charge in [-0.25, -0.2) is 13.1 Å². The Morgan fingerprint density at radius 2 is 2.08 bits per heavy atom. The molecule has 0 bridgehead atoms. The van der Waals surface area contributed by atoms with Gasteiger partial charge in [-0.3, -0.25) is 4.79 Å². The number of nitrogens with one attached hydrogen (secondary N) is 2. The van der Waals surface area contributed by atoms with Crippen LogP contribution in [0.2, 0.25) is 0 Å². The lowest BCUT2D eigenvalue weighted by molar-refractivity contribution is 0.0904. The number of hydrogen-bond acceptors (Lipinski definition) is 5. The molecule has 8 heteroatoms. The molecular weight excluding hydrogens is 344 g/mol. The van der Waals surface area contributed by atoms with Gasteiger partial charge in [0.25, 0.3) is 5.91 Å². The number of furan rings is 1. The molecule has 0 spiro atoms. The molecule has 1 aromatic heterocycles. The normalized spacial score (nSPS) is 12.8. The van der Waals surface area contributed by atoms with Crippen molar-refractivity contribution in [3.63, 3.8) is 0 Å². The van der Waals surface area contributed by atoms with Gasteiger partial charge >= 0.3 is 0 Å². The smallest absolute Gasteiger partial charge is 0.251 e. The van der Waals surface area contributed by atoms with Gasteiger partial charge in [-0.05, 0) is 43.7 Å². The number of hydrogen-bond donors (Lipinski definition) is 2. The number of amides is 1. The van der Waals surface area contributed by atoms with Crippen LogP contribution in [-0.4, -0.2) is 34.1 Å². The van der Waals surface area contributed by atoms with E-state index < -0.39 is 10.0 Å². The summed E-state index contributed by atoms with van der Waals surface area (Å²) in [6.07, 6.45) is 1.47.